The van der Waals surface area contributed by atoms with E-state index in [1.807, 2.05) is 0 Å². The quantitative estimate of drug-likeness (QED) is 0.599. The van der Waals surface area contributed by atoms with Crippen molar-refractivity contribution in [1.82, 2.24) is 4.57 Å². The lowest BCUT2D eigenvalue weighted by Gasteiger charge is -2.22. The van der Waals surface area contributed by atoms with Crippen molar-refractivity contribution in [2.24, 2.45) is 12.2 Å². The second kappa shape index (κ2) is 5.45. The fraction of sp³-hybridized carbons (Fsp3) is 0.526. The first-order valence-electron chi connectivity index (χ1n) is 8.62. The number of nitrogens with zero attached hydrogens (tertiary/aromatic N) is 2. The van der Waals surface area contributed by atoms with Crippen LogP contribution < -0.4 is 0 Å². The van der Waals surface area contributed by atoms with E-state index in [0.717, 1.165) is 36.6 Å². The van der Waals surface area contributed by atoms with Gasteiger partial charge in [-0.1, -0.05) is 30.5 Å². The molecule has 22 heavy (non-hydrogen) atoms. The lowest BCUT2D eigenvalue weighted by atomic mass is 9.83. The minimum Gasteiger partial charge on any atom is -0.411 e. The maximum Gasteiger partial charge on any atom is 0.103 e. The molecule has 3 nitrogen and oxygen atoms in total. The first kappa shape index (κ1) is 13.9. The summed E-state index contributed by atoms with van der Waals surface area (Å²) >= 11 is 0. The highest BCUT2D eigenvalue weighted by Gasteiger charge is 2.24. The van der Waals surface area contributed by atoms with Gasteiger partial charge in [0.2, 0.25) is 0 Å². The largest absolute Gasteiger partial charge is 0.411 e. The molecule has 116 valence electrons. The lowest BCUT2D eigenvalue weighted by molar-refractivity contribution is 0.317. The third-order valence-corrected chi connectivity index (χ3v) is 5.64. The lowest BCUT2D eigenvalue weighted by Crippen LogP contribution is -2.14. The fourth-order valence-corrected chi connectivity index (χ4v) is 4.50. The number of benzene rings is 1. The van der Waals surface area contributed by atoms with Gasteiger partial charge < -0.3 is 9.77 Å². The van der Waals surface area contributed by atoms with Gasteiger partial charge in [-0.15, -0.1) is 0 Å². The van der Waals surface area contributed by atoms with Gasteiger partial charge in [0.15, 0.2) is 0 Å². The molecule has 1 fully saturated rings. The number of aromatic nitrogens is 1. The van der Waals surface area contributed by atoms with Crippen molar-refractivity contribution in [3.8, 4) is 0 Å². The zero-order chi connectivity index (χ0) is 15.1. The standard InChI is InChI=1S/C19H24N2O/c1-21-18-11-10-14(13-6-3-2-4-7-13)12-16(18)15-8-5-9-17(20-22)19(15)21/h10-13,22H,2-9H2,1H3/b20-17+. The average molecular weight is 296 g/mol. The molecule has 0 radical (unpaired) electrons. The number of aryl methyl sites for hydroxylation is 2. The van der Waals surface area contributed by atoms with E-state index in [1.165, 1.54) is 54.1 Å². The Labute approximate surface area is 131 Å². The van der Waals surface area contributed by atoms with Gasteiger partial charge in [0, 0.05) is 18.0 Å². The number of hydrogen-bond acceptors (Lipinski definition) is 2. The average Bonchev–Trinajstić information content (AvgIpc) is 2.88. The summed E-state index contributed by atoms with van der Waals surface area (Å²) in [4.78, 5) is 0. The topological polar surface area (TPSA) is 37.5 Å². The van der Waals surface area contributed by atoms with Gasteiger partial charge >= 0.3 is 0 Å². The van der Waals surface area contributed by atoms with Crippen LogP contribution >= 0.6 is 0 Å². The molecule has 1 aromatic carbocycles. The van der Waals surface area contributed by atoms with E-state index >= 15 is 0 Å². The summed E-state index contributed by atoms with van der Waals surface area (Å²) in [5.41, 5.74) is 6.15. The van der Waals surface area contributed by atoms with E-state index in [1.54, 1.807) is 0 Å². The van der Waals surface area contributed by atoms with Crippen LogP contribution in [0, 0.1) is 0 Å². The van der Waals surface area contributed by atoms with Gasteiger partial charge in [0.05, 0.1) is 5.69 Å². The minimum absolute atomic E-state index is 0.739. The molecule has 0 saturated heterocycles. The maximum absolute atomic E-state index is 9.32. The molecular formula is C19H24N2O. The van der Waals surface area contributed by atoms with Crippen molar-refractivity contribution in [3.63, 3.8) is 0 Å². The first-order valence-corrected chi connectivity index (χ1v) is 8.62. The second-order valence-electron chi connectivity index (χ2n) is 6.90. The Hall–Kier alpha value is -1.77. The van der Waals surface area contributed by atoms with Gasteiger partial charge in [0.1, 0.15) is 5.71 Å². The molecule has 4 rings (SSSR count). The van der Waals surface area contributed by atoms with Gasteiger partial charge in [-0.2, -0.15) is 0 Å². The molecule has 0 amide bonds. The zero-order valence-electron chi connectivity index (χ0n) is 13.3. The fourth-order valence-electron chi connectivity index (χ4n) is 4.50. The summed E-state index contributed by atoms with van der Waals surface area (Å²) in [6.45, 7) is 0. The Bertz CT molecular complexity index is 735. The summed E-state index contributed by atoms with van der Waals surface area (Å²) in [5.74, 6) is 0.739. The minimum atomic E-state index is 0.739. The highest BCUT2D eigenvalue weighted by molar-refractivity contribution is 6.06. The van der Waals surface area contributed by atoms with Crippen LogP contribution in [0.3, 0.4) is 0 Å². The van der Waals surface area contributed by atoms with Gasteiger partial charge in [-0.05, 0) is 61.3 Å². The molecule has 1 N–H and O–H groups in total. The number of fused-ring (bicyclic) bond motifs is 3. The normalized spacial score (nSPS) is 21.4. The molecule has 0 spiro atoms. The van der Waals surface area contributed by atoms with E-state index in [4.69, 9.17) is 0 Å². The summed E-state index contributed by atoms with van der Waals surface area (Å²) in [7, 11) is 2.10. The third kappa shape index (κ3) is 2.06. The predicted octanol–water partition coefficient (Wildman–Crippen LogP) is 4.74. The van der Waals surface area contributed by atoms with Crippen LogP contribution in [-0.2, 0) is 13.5 Å². The molecule has 2 aliphatic carbocycles. The van der Waals surface area contributed by atoms with Crippen molar-refractivity contribution in [1.29, 1.82) is 0 Å². The zero-order valence-corrected chi connectivity index (χ0v) is 13.3. The Morgan fingerprint density at radius 3 is 2.68 bits per heavy atom. The van der Waals surface area contributed by atoms with Crippen LogP contribution in [0.2, 0.25) is 0 Å². The molecule has 2 aromatic rings. The van der Waals surface area contributed by atoms with Gasteiger partial charge in [-0.3, -0.25) is 0 Å². The Morgan fingerprint density at radius 1 is 1.09 bits per heavy atom. The molecule has 3 heteroatoms. The number of rotatable bonds is 1. The molecule has 0 atom stereocenters. The monoisotopic (exact) mass is 296 g/mol. The summed E-state index contributed by atoms with van der Waals surface area (Å²) in [5, 5.41) is 14.2. The van der Waals surface area contributed by atoms with E-state index in [0.29, 0.717) is 0 Å². The van der Waals surface area contributed by atoms with Crippen molar-refractivity contribution < 1.29 is 5.21 Å². The molecule has 2 aliphatic rings. The van der Waals surface area contributed by atoms with Gasteiger partial charge in [-0.25, -0.2) is 0 Å². The van der Waals surface area contributed by atoms with Crippen molar-refractivity contribution in [2.45, 2.75) is 57.3 Å². The summed E-state index contributed by atoms with van der Waals surface area (Å²) in [6, 6.07) is 7.01. The first-order chi connectivity index (χ1) is 10.8. The molecule has 1 saturated carbocycles. The summed E-state index contributed by atoms with van der Waals surface area (Å²) in [6.07, 6.45) is 9.87. The number of hydrogen-bond donors (Lipinski definition) is 1. The van der Waals surface area contributed by atoms with Crippen LogP contribution in [0.1, 0.15) is 67.7 Å². The molecule has 1 heterocycles. The Kier molecular flexibility index (Phi) is 3.44. The van der Waals surface area contributed by atoms with Gasteiger partial charge in [0.25, 0.3) is 0 Å². The smallest absolute Gasteiger partial charge is 0.103 e. The van der Waals surface area contributed by atoms with Crippen LogP contribution in [-0.4, -0.2) is 15.5 Å². The van der Waals surface area contributed by atoms with Crippen LogP contribution in [0.15, 0.2) is 23.4 Å². The second-order valence-corrected chi connectivity index (χ2v) is 6.90. The molecular weight excluding hydrogens is 272 g/mol. The third-order valence-electron chi connectivity index (χ3n) is 5.64. The van der Waals surface area contributed by atoms with E-state index in [-0.39, 0.29) is 0 Å². The van der Waals surface area contributed by atoms with Crippen molar-refractivity contribution in [2.75, 3.05) is 0 Å². The highest BCUT2D eigenvalue weighted by atomic mass is 16.4. The van der Waals surface area contributed by atoms with Crippen LogP contribution in [0.25, 0.3) is 10.9 Å². The number of oxime groups is 1. The van der Waals surface area contributed by atoms with Crippen LogP contribution in [0.4, 0.5) is 0 Å². The molecule has 0 aliphatic heterocycles. The molecule has 0 unspecified atom stereocenters. The summed E-state index contributed by atoms with van der Waals surface area (Å²) < 4.78 is 2.21. The van der Waals surface area contributed by atoms with E-state index in [2.05, 4.69) is 35.0 Å². The van der Waals surface area contributed by atoms with Crippen molar-refractivity contribution >= 4 is 16.6 Å². The van der Waals surface area contributed by atoms with E-state index in [9.17, 15) is 5.21 Å². The van der Waals surface area contributed by atoms with E-state index < -0.39 is 0 Å². The van der Waals surface area contributed by atoms with Crippen LogP contribution in [0.5, 0.6) is 0 Å². The maximum atomic E-state index is 9.32. The Balaban J connectivity index is 1.86. The molecule has 0 bridgehead atoms. The predicted molar refractivity (Wildman–Crippen MR) is 90.0 cm³/mol. The molecule has 1 aromatic heterocycles. The van der Waals surface area contributed by atoms with Crippen molar-refractivity contribution in [3.05, 3.63) is 35.0 Å². The highest BCUT2D eigenvalue weighted by Crippen LogP contribution is 2.37. The SMILES string of the molecule is Cn1c2c(c3cc(C4CCCCC4)ccc31)CCC/C2=N\O. The Morgan fingerprint density at radius 2 is 1.91 bits per heavy atom.